The molecule has 3 rings (SSSR count). The summed E-state index contributed by atoms with van der Waals surface area (Å²) in [4.78, 5) is 0. The zero-order chi connectivity index (χ0) is 11.7. The average Bonchev–Trinajstić information content (AvgIpc) is 2.59. The number of hydrogen-bond donors (Lipinski definition) is 1. The maximum Gasteiger partial charge on any atom is 0.137 e. The number of para-hydroxylation sites is 1. The molecule has 1 fully saturated rings. The van der Waals surface area contributed by atoms with Crippen molar-refractivity contribution in [2.75, 3.05) is 6.54 Å². The Morgan fingerprint density at radius 2 is 2.18 bits per heavy atom. The van der Waals surface area contributed by atoms with Gasteiger partial charge in [0.2, 0.25) is 0 Å². The van der Waals surface area contributed by atoms with Crippen molar-refractivity contribution >= 4 is 11.0 Å². The van der Waals surface area contributed by atoms with Crippen LogP contribution in [-0.2, 0) is 0 Å². The Balaban J connectivity index is 1.96. The van der Waals surface area contributed by atoms with E-state index in [1.807, 2.05) is 0 Å². The summed E-state index contributed by atoms with van der Waals surface area (Å²) in [6, 6.07) is 8.94. The lowest BCUT2D eigenvalue weighted by atomic mass is 10.1. The first-order valence-electron chi connectivity index (χ1n) is 6.57. The van der Waals surface area contributed by atoms with Gasteiger partial charge in [0.25, 0.3) is 0 Å². The summed E-state index contributed by atoms with van der Waals surface area (Å²) in [6.45, 7) is 3.22. The molecule has 0 saturated carbocycles. The summed E-state index contributed by atoms with van der Waals surface area (Å²) < 4.78 is 6.03. The molecule has 1 aromatic carbocycles. The predicted molar refractivity (Wildman–Crippen MR) is 70.2 cm³/mol. The van der Waals surface area contributed by atoms with E-state index in [1.54, 1.807) is 0 Å². The van der Waals surface area contributed by atoms with E-state index in [0.717, 1.165) is 17.9 Å². The van der Waals surface area contributed by atoms with Crippen molar-refractivity contribution in [2.45, 2.75) is 38.6 Å². The number of benzene rings is 1. The van der Waals surface area contributed by atoms with Crippen molar-refractivity contribution in [1.82, 2.24) is 5.32 Å². The molecule has 90 valence electrons. The summed E-state index contributed by atoms with van der Waals surface area (Å²) in [7, 11) is 0. The Morgan fingerprint density at radius 3 is 3.06 bits per heavy atom. The highest BCUT2D eigenvalue weighted by Crippen LogP contribution is 2.29. The summed E-state index contributed by atoms with van der Waals surface area (Å²) in [6.07, 6.45) is 5.12. The van der Waals surface area contributed by atoms with Crippen molar-refractivity contribution in [3.8, 4) is 0 Å². The van der Waals surface area contributed by atoms with E-state index in [1.165, 1.54) is 36.6 Å². The second kappa shape index (κ2) is 4.53. The molecule has 1 N–H and O–H groups in total. The van der Waals surface area contributed by atoms with Crippen LogP contribution in [0.2, 0.25) is 0 Å². The van der Waals surface area contributed by atoms with Gasteiger partial charge >= 0.3 is 0 Å². The number of aryl methyl sites for hydroxylation is 1. The van der Waals surface area contributed by atoms with Crippen molar-refractivity contribution in [2.24, 2.45) is 0 Å². The van der Waals surface area contributed by atoms with Gasteiger partial charge in [0.1, 0.15) is 11.3 Å². The Morgan fingerprint density at radius 1 is 1.24 bits per heavy atom. The number of nitrogens with one attached hydrogen (secondary N) is 1. The van der Waals surface area contributed by atoms with E-state index in [0.29, 0.717) is 6.04 Å². The summed E-state index contributed by atoms with van der Waals surface area (Å²) in [5, 5.41) is 4.81. The SMILES string of the molecule is Cc1cccc2cc(C3CCCCCN3)oc12. The number of hydrogen-bond acceptors (Lipinski definition) is 2. The number of fused-ring (bicyclic) bond motifs is 1. The van der Waals surface area contributed by atoms with E-state index in [2.05, 4.69) is 36.5 Å². The van der Waals surface area contributed by atoms with Gasteiger partial charge in [-0.25, -0.2) is 0 Å². The molecule has 1 atom stereocenters. The van der Waals surface area contributed by atoms with Gasteiger partial charge in [0, 0.05) is 5.39 Å². The molecular formula is C15H19NO. The first-order valence-corrected chi connectivity index (χ1v) is 6.57. The molecule has 2 aromatic rings. The van der Waals surface area contributed by atoms with Crippen LogP contribution in [0.5, 0.6) is 0 Å². The van der Waals surface area contributed by atoms with Crippen LogP contribution in [0.25, 0.3) is 11.0 Å². The van der Waals surface area contributed by atoms with Gasteiger partial charge < -0.3 is 9.73 Å². The lowest BCUT2D eigenvalue weighted by molar-refractivity contribution is 0.426. The third-order valence-electron chi connectivity index (χ3n) is 3.66. The molecule has 1 aliphatic heterocycles. The van der Waals surface area contributed by atoms with Crippen molar-refractivity contribution in [1.29, 1.82) is 0 Å². The molecule has 0 aliphatic carbocycles. The fourth-order valence-electron chi connectivity index (χ4n) is 2.67. The van der Waals surface area contributed by atoms with Gasteiger partial charge in [0.15, 0.2) is 0 Å². The molecule has 2 heterocycles. The minimum absolute atomic E-state index is 0.407. The first kappa shape index (κ1) is 10.8. The van der Waals surface area contributed by atoms with Crippen LogP contribution >= 0.6 is 0 Å². The molecule has 1 aliphatic rings. The van der Waals surface area contributed by atoms with Crippen LogP contribution in [0.15, 0.2) is 28.7 Å². The summed E-state index contributed by atoms with van der Waals surface area (Å²) in [5.74, 6) is 1.11. The molecule has 0 bridgehead atoms. The van der Waals surface area contributed by atoms with Gasteiger partial charge in [-0.05, 0) is 37.9 Å². The fourth-order valence-corrected chi connectivity index (χ4v) is 2.67. The van der Waals surface area contributed by atoms with Crippen LogP contribution in [-0.4, -0.2) is 6.54 Å². The molecule has 1 aromatic heterocycles. The van der Waals surface area contributed by atoms with Crippen LogP contribution in [0.4, 0.5) is 0 Å². The molecule has 2 nitrogen and oxygen atoms in total. The smallest absolute Gasteiger partial charge is 0.137 e. The highest BCUT2D eigenvalue weighted by atomic mass is 16.3. The third kappa shape index (κ3) is 2.09. The van der Waals surface area contributed by atoms with E-state index >= 15 is 0 Å². The lowest BCUT2D eigenvalue weighted by Gasteiger charge is -2.12. The quantitative estimate of drug-likeness (QED) is 0.801. The highest BCUT2D eigenvalue weighted by Gasteiger charge is 2.17. The second-order valence-electron chi connectivity index (χ2n) is 5.00. The van der Waals surface area contributed by atoms with Crippen LogP contribution < -0.4 is 5.32 Å². The largest absolute Gasteiger partial charge is 0.459 e. The van der Waals surface area contributed by atoms with Crippen molar-refractivity contribution in [3.63, 3.8) is 0 Å². The fraction of sp³-hybridized carbons (Fsp3) is 0.467. The minimum Gasteiger partial charge on any atom is -0.459 e. The van der Waals surface area contributed by atoms with Crippen molar-refractivity contribution in [3.05, 3.63) is 35.6 Å². The highest BCUT2D eigenvalue weighted by molar-refractivity contribution is 5.80. The Hall–Kier alpha value is -1.28. The third-order valence-corrected chi connectivity index (χ3v) is 3.66. The van der Waals surface area contributed by atoms with Crippen LogP contribution in [0.1, 0.15) is 43.0 Å². The summed E-state index contributed by atoms with van der Waals surface area (Å²) >= 11 is 0. The molecule has 1 unspecified atom stereocenters. The minimum atomic E-state index is 0.407. The first-order chi connectivity index (χ1) is 8.34. The second-order valence-corrected chi connectivity index (χ2v) is 5.00. The Kier molecular flexibility index (Phi) is 2.89. The molecule has 2 heteroatoms. The summed E-state index contributed by atoms with van der Waals surface area (Å²) in [5.41, 5.74) is 2.27. The maximum absolute atomic E-state index is 6.03. The van der Waals surface area contributed by atoms with Crippen molar-refractivity contribution < 1.29 is 4.42 Å². The van der Waals surface area contributed by atoms with Crippen LogP contribution in [0, 0.1) is 6.92 Å². The van der Waals surface area contributed by atoms with Gasteiger partial charge in [-0.3, -0.25) is 0 Å². The zero-order valence-electron chi connectivity index (χ0n) is 10.3. The van der Waals surface area contributed by atoms with Gasteiger partial charge in [-0.2, -0.15) is 0 Å². The number of furan rings is 1. The molecule has 0 radical (unpaired) electrons. The molecular weight excluding hydrogens is 210 g/mol. The molecule has 0 spiro atoms. The average molecular weight is 229 g/mol. The topological polar surface area (TPSA) is 25.2 Å². The van der Waals surface area contributed by atoms with E-state index in [4.69, 9.17) is 4.42 Å². The van der Waals surface area contributed by atoms with E-state index in [9.17, 15) is 0 Å². The van der Waals surface area contributed by atoms with E-state index in [-0.39, 0.29) is 0 Å². The predicted octanol–water partition coefficient (Wildman–Crippen LogP) is 3.95. The van der Waals surface area contributed by atoms with E-state index < -0.39 is 0 Å². The zero-order valence-corrected chi connectivity index (χ0v) is 10.3. The monoisotopic (exact) mass is 229 g/mol. The number of rotatable bonds is 1. The standard InChI is InChI=1S/C15H19NO/c1-11-6-5-7-12-10-14(17-15(11)12)13-8-3-2-4-9-16-13/h5-7,10,13,16H,2-4,8-9H2,1H3. The van der Waals surface area contributed by atoms with Gasteiger partial charge in [0.05, 0.1) is 6.04 Å². The normalized spacial score (nSPS) is 21.6. The Bertz CT molecular complexity index is 507. The molecule has 0 amide bonds. The molecule has 17 heavy (non-hydrogen) atoms. The van der Waals surface area contributed by atoms with Crippen LogP contribution in [0.3, 0.4) is 0 Å². The Labute approximate surface area is 102 Å². The lowest BCUT2D eigenvalue weighted by Crippen LogP contribution is -2.19. The molecule has 1 saturated heterocycles. The van der Waals surface area contributed by atoms with Gasteiger partial charge in [-0.15, -0.1) is 0 Å². The maximum atomic E-state index is 6.03. The van der Waals surface area contributed by atoms with Gasteiger partial charge in [-0.1, -0.05) is 31.0 Å².